The molecule has 132 valence electrons. The van der Waals surface area contributed by atoms with Crippen LogP contribution in [-0.4, -0.2) is 80.0 Å². The molecule has 2 rings (SSSR count). The number of carbonyl (C=O) groups is 2. The summed E-state index contributed by atoms with van der Waals surface area (Å²) in [5.74, 6) is 0.0373. The molecule has 1 aromatic carbocycles. The second-order valence-electron chi connectivity index (χ2n) is 6.18. The predicted octanol–water partition coefficient (Wildman–Crippen LogP) is 1.97. The molecule has 1 fully saturated rings. The normalized spacial score (nSPS) is 14.5. The highest BCUT2D eigenvalue weighted by Gasteiger charge is 2.26. The van der Waals surface area contributed by atoms with Crippen molar-refractivity contribution in [3.63, 3.8) is 0 Å². The maximum atomic E-state index is 12.6. The minimum Gasteiger partial charge on any atom is -0.378 e. The summed E-state index contributed by atoms with van der Waals surface area (Å²) in [5, 5.41) is 0. The first-order valence-electron chi connectivity index (χ1n) is 8.58. The van der Waals surface area contributed by atoms with Crippen LogP contribution in [0.15, 0.2) is 24.3 Å². The molecule has 0 aromatic heterocycles. The average Bonchev–Trinajstić information content (AvgIpc) is 2.62. The number of nitrogens with zero attached hydrogens (tertiary/aromatic N) is 4. The summed E-state index contributed by atoms with van der Waals surface area (Å²) in [4.78, 5) is 32.4. The lowest BCUT2D eigenvalue weighted by atomic mass is 10.1. The van der Waals surface area contributed by atoms with E-state index >= 15 is 0 Å². The van der Waals surface area contributed by atoms with E-state index in [1.807, 2.05) is 71.8 Å². The van der Waals surface area contributed by atoms with Gasteiger partial charge in [-0.15, -0.1) is 0 Å². The van der Waals surface area contributed by atoms with E-state index < -0.39 is 0 Å². The molecule has 0 N–H and O–H groups in total. The molecule has 0 spiro atoms. The molecule has 24 heavy (non-hydrogen) atoms. The van der Waals surface area contributed by atoms with Crippen LogP contribution in [0.2, 0.25) is 0 Å². The van der Waals surface area contributed by atoms with Gasteiger partial charge in [0.15, 0.2) is 0 Å². The topological polar surface area (TPSA) is 47.1 Å². The zero-order chi connectivity index (χ0) is 17.7. The van der Waals surface area contributed by atoms with Crippen LogP contribution in [0.3, 0.4) is 0 Å². The Bertz CT molecular complexity index is 559. The largest absolute Gasteiger partial charge is 0.378 e. The molecule has 6 nitrogen and oxygen atoms in total. The molecule has 1 aliphatic rings. The Labute approximate surface area is 144 Å². The Balaban J connectivity index is 1.94. The van der Waals surface area contributed by atoms with Crippen molar-refractivity contribution in [2.75, 3.05) is 58.3 Å². The smallest absolute Gasteiger partial charge is 0.320 e. The molecular weight excluding hydrogens is 304 g/mol. The van der Waals surface area contributed by atoms with Gasteiger partial charge < -0.3 is 19.6 Å². The van der Waals surface area contributed by atoms with Crippen molar-refractivity contribution in [2.24, 2.45) is 0 Å². The monoisotopic (exact) mass is 332 g/mol. The Hall–Kier alpha value is -2.24. The summed E-state index contributed by atoms with van der Waals surface area (Å²) in [5.41, 5.74) is 1.77. The molecule has 0 bridgehead atoms. The Morgan fingerprint density at radius 2 is 1.42 bits per heavy atom. The summed E-state index contributed by atoms with van der Waals surface area (Å²) >= 11 is 0. The van der Waals surface area contributed by atoms with Crippen LogP contribution in [0.5, 0.6) is 0 Å². The van der Waals surface area contributed by atoms with E-state index in [1.54, 1.807) is 0 Å². The number of urea groups is 1. The third-order valence-electron chi connectivity index (χ3n) is 4.50. The fraction of sp³-hybridized carbons (Fsp3) is 0.556. The van der Waals surface area contributed by atoms with Gasteiger partial charge in [0.1, 0.15) is 0 Å². The third-order valence-corrected chi connectivity index (χ3v) is 4.50. The highest BCUT2D eigenvalue weighted by molar-refractivity contribution is 5.94. The molecular formula is C18H28N4O2. The SMILES string of the molecule is CCN(CC)C(=O)N1CCN(C(=O)c2ccc(N(C)C)cc2)CC1. The van der Waals surface area contributed by atoms with Crippen molar-refractivity contribution in [2.45, 2.75) is 13.8 Å². The number of anilines is 1. The van der Waals surface area contributed by atoms with Crippen LogP contribution in [0, 0.1) is 0 Å². The number of hydrogen-bond donors (Lipinski definition) is 0. The molecule has 0 saturated carbocycles. The van der Waals surface area contributed by atoms with Crippen LogP contribution in [0.1, 0.15) is 24.2 Å². The van der Waals surface area contributed by atoms with Crippen LogP contribution >= 0.6 is 0 Å². The molecule has 0 atom stereocenters. The zero-order valence-electron chi connectivity index (χ0n) is 15.2. The van der Waals surface area contributed by atoms with Crippen LogP contribution < -0.4 is 4.90 Å². The van der Waals surface area contributed by atoms with Gasteiger partial charge in [-0.2, -0.15) is 0 Å². The number of benzene rings is 1. The van der Waals surface area contributed by atoms with Gasteiger partial charge in [0.05, 0.1) is 0 Å². The quantitative estimate of drug-likeness (QED) is 0.847. The van der Waals surface area contributed by atoms with E-state index in [9.17, 15) is 9.59 Å². The van der Waals surface area contributed by atoms with Gasteiger partial charge in [-0.25, -0.2) is 4.79 Å². The van der Waals surface area contributed by atoms with Crippen molar-refractivity contribution < 1.29 is 9.59 Å². The first-order chi connectivity index (χ1) is 11.5. The standard InChI is InChI=1S/C18H28N4O2/c1-5-20(6-2)18(24)22-13-11-21(12-14-22)17(23)15-7-9-16(10-8-15)19(3)4/h7-10H,5-6,11-14H2,1-4H3. The lowest BCUT2D eigenvalue weighted by Crippen LogP contribution is -2.54. The number of hydrogen-bond acceptors (Lipinski definition) is 3. The van der Waals surface area contributed by atoms with Gasteiger partial charge in [-0.05, 0) is 38.1 Å². The number of rotatable bonds is 4. The van der Waals surface area contributed by atoms with Gasteiger partial charge in [0, 0.05) is 64.6 Å². The predicted molar refractivity (Wildman–Crippen MR) is 96.6 cm³/mol. The van der Waals surface area contributed by atoms with Crippen molar-refractivity contribution in [3.8, 4) is 0 Å². The fourth-order valence-electron chi connectivity index (χ4n) is 2.88. The highest BCUT2D eigenvalue weighted by Crippen LogP contribution is 2.15. The summed E-state index contributed by atoms with van der Waals surface area (Å²) in [7, 11) is 3.95. The van der Waals surface area contributed by atoms with E-state index in [-0.39, 0.29) is 11.9 Å². The number of piperazine rings is 1. The summed E-state index contributed by atoms with van der Waals surface area (Å²) in [6, 6.07) is 7.71. The Morgan fingerprint density at radius 1 is 0.917 bits per heavy atom. The Kier molecular flexibility index (Phi) is 6.06. The zero-order valence-corrected chi connectivity index (χ0v) is 15.2. The molecule has 1 saturated heterocycles. The van der Waals surface area contributed by atoms with Gasteiger partial charge in [0.2, 0.25) is 0 Å². The van der Waals surface area contributed by atoms with Gasteiger partial charge in [-0.3, -0.25) is 4.79 Å². The van der Waals surface area contributed by atoms with Crippen molar-refractivity contribution in [3.05, 3.63) is 29.8 Å². The first kappa shape index (κ1) is 18.1. The third kappa shape index (κ3) is 3.99. The van der Waals surface area contributed by atoms with E-state index in [4.69, 9.17) is 0 Å². The van der Waals surface area contributed by atoms with Crippen molar-refractivity contribution >= 4 is 17.6 Å². The van der Waals surface area contributed by atoms with E-state index in [2.05, 4.69) is 0 Å². The average molecular weight is 332 g/mol. The summed E-state index contributed by atoms with van der Waals surface area (Å²) in [6.45, 7) is 7.76. The van der Waals surface area contributed by atoms with Crippen LogP contribution in [-0.2, 0) is 0 Å². The van der Waals surface area contributed by atoms with Crippen molar-refractivity contribution in [1.29, 1.82) is 0 Å². The van der Waals surface area contributed by atoms with Crippen molar-refractivity contribution in [1.82, 2.24) is 14.7 Å². The minimum atomic E-state index is 0.0373. The molecule has 1 heterocycles. The molecule has 6 heteroatoms. The highest BCUT2D eigenvalue weighted by atomic mass is 16.2. The van der Waals surface area contributed by atoms with Gasteiger partial charge >= 0.3 is 6.03 Å². The lowest BCUT2D eigenvalue weighted by molar-refractivity contribution is 0.0641. The van der Waals surface area contributed by atoms with Crippen LogP contribution in [0.25, 0.3) is 0 Å². The van der Waals surface area contributed by atoms with E-state index in [1.165, 1.54) is 0 Å². The second kappa shape index (κ2) is 8.04. The summed E-state index contributed by atoms with van der Waals surface area (Å²) < 4.78 is 0. The second-order valence-corrected chi connectivity index (χ2v) is 6.18. The molecule has 1 aliphatic heterocycles. The van der Waals surface area contributed by atoms with E-state index in [0.29, 0.717) is 44.8 Å². The molecule has 0 aliphatic carbocycles. The van der Waals surface area contributed by atoms with Gasteiger partial charge in [-0.1, -0.05) is 0 Å². The minimum absolute atomic E-state index is 0.0373. The molecule has 0 unspecified atom stereocenters. The number of carbonyl (C=O) groups excluding carboxylic acids is 2. The lowest BCUT2D eigenvalue weighted by Gasteiger charge is -2.37. The number of amides is 3. The van der Waals surface area contributed by atoms with Gasteiger partial charge in [0.25, 0.3) is 5.91 Å². The maximum absolute atomic E-state index is 12.6. The maximum Gasteiger partial charge on any atom is 0.320 e. The first-order valence-corrected chi connectivity index (χ1v) is 8.58. The fourth-order valence-corrected chi connectivity index (χ4v) is 2.88. The molecule has 3 amide bonds. The summed E-state index contributed by atoms with van der Waals surface area (Å²) in [6.07, 6.45) is 0. The Morgan fingerprint density at radius 3 is 1.88 bits per heavy atom. The van der Waals surface area contributed by atoms with Crippen LogP contribution in [0.4, 0.5) is 10.5 Å². The molecule has 1 aromatic rings. The van der Waals surface area contributed by atoms with E-state index in [0.717, 1.165) is 5.69 Å². The molecule has 0 radical (unpaired) electrons.